The molecule has 0 bridgehead atoms. The van der Waals surface area contributed by atoms with Crippen LogP contribution in [-0.2, 0) is 7.05 Å². The number of aromatic nitrogens is 2. The van der Waals surface area contributed by atoms with Crippen LogP contribution in [0.15, 0.2) is 53.4 Å². The van der Waals surface area contributed by atoms with Crippen molar-refractivity contribution in [2.45, 2.75) is 0 Å². The fourth-order valence-electron chi connectivity index (χ4n) is 2.18. The predicted octanol–water partition coefficient (Wildman–Crippen LogP) is 3.59. The summed E-state index contributed by atoms with van der Waals surface area (Å²) < 4.78 is 2.90. The van der Waals surface area contributed by atoms with E-state index in [0.717, 1.165) is 21.1 Å². The molecule has 0 saturated heterocycles. The molecule has 0 spiro atoms. The molecule has 1 N–H and O–H groups in total. The number of anilines is 1. The van der Waals surface area contributed by atoms with Crippen molar-refractivity contribution in [3.8, 4) is 0 Å². The molecular weight excluding hydrogens is 318 g/mol. The summed E-state index contributed by atoms with van der Waals surface area (Å²) in [6, 6.07) is 9.43. The number of nitrogens with one attached hydrogen (secondary N) is 1. The number of carbonyl (C=O) groups excluding carboxylic acids is 1. The monoisotopic (exact) mass is 329 g/mol. The smallest absolute Gasteiger partial charge is 0.257 e. The first-order valence-electron chi connectivity index (χ1n) is 6.11. The second kappa shape index (κ2) is 5.09. The quantitative estimate of drug-likeness (QED) is 0.781. The van der Waals surface area contributed by atoms with Crippen LogP contribution in [0.3, 0.4) is 0 Å². The van der Waals surface area contributed by atoms with Gasteiger partial charge in [0, 0.05) is 46.7 Å². The zero-order chi connectivity index (χ0) is 14.1. The molecule has 3 aromatic rings. The van der Waals surface area contributed by atoms with E-state index in [2.05, 4.69) is 26.2 Å². The summed E-state index contributed by atoms with van der Waals surface area (Å²) in [5.74, 6) is -0.125. The Morgan fingerprint density at radius 3 is 2.75 bits per heavy atom. The van der Waals surface area contributed by atoms with Gasteiger partial charge in [-0.1, -0.05) is 15.9 Å². The van der Waals surface area contributed by atoms with E-state index in [1.165, 1.54) is 0 Å². The van der Waals surface area contributed by atoms with Gasteiger partial charge in [-0.25, -0.2) is 0 Å². The van der Waals surface area contributed by atoms with E-state index in [1.807, 2.05) is 36.0 Å². The number of carbonyl (C=O) groups is 1. The number of nitrogens with zero attached hydrogens (tertiary/aromatic N) is 2. The van der Waals surface area contributed by atoms with Crippen molar-refractivity contribution in [2.24, 2.45) is 7.05 Å². The van der Waals surface area contributed by atoms with E-state index in [9.17, 15) is 4.79 Å². The zero-order valence-electron chi connectivity index (χ0n) is 10.8. The van der Waals surface area contributed by atoms with Gasteiger partial charge >= 0.3 is 0 Å². The normalized spacial score (nSPS) is 10.7. The molecule has 3 rings (SSSR count). The highest BCUT2D eigenvalue weighted by Gasteiger charge is 2.14. The average Bonchev–Trinajstić information content (AvgIpc) is 2.77. The number of aryl methyl sites for hydroxylation is 1. The molecule has 0 unspecified atom stereocenters. The Balaban J connectivity index is 2.01. The lowest BCUT2D eigenvalue weighted by atomic mass is 10.1. The zero-order valence-corrected chi connectivity index (χ0v) is 12.4. The number of rotatable bonds is 2. The Hall–Kier alpha value is -2.14. The molecule has 1 aromatic carbocycles. The van der Waals surface area contributed by atoms with Crippen LogP contribution >= 0.6 is 15.9 Å². The van der Waals surface area contributed by atoms with Gasteiger partial charge in [-0.05, 0) is 30.3 Å². The largest absolute Gasteiger partial charge is 0.350 e. The van der Waals surface area contributed by atoms with Gasteiger partial charge in [-0.15, -0.1) is 0 Å². The average molecular weight is 330 g/mol. The molecule has 0 saturated carbocycles. The van der Waals surface area contributed by atoms with Gasteiger partial charge < -0.3 is 9.88 Å². The number of pyridine rings is 1. The van der Waals surface area contributed by atoms with Crippen molar-refractivity contribution >= 4 is 38.4 Å². The maximum atomic E-state index is 12.4. The lowest BCUT2D eigenvalue weighted by Gasteiger charge is -2.03. The number of fused-ring (bicyclic) bond motifs is 1. The number of amides is 1. The highest BCUT2D eigenvalue weighted by molar-refractivity contribution is 9.10. The second-order valence-corrected chi connectivity index (χ2v) is 5.42. The third kappa shape index (κ3) is 2.32. The van der Waals surface area contributed by atoms with Crippen LogP contribution in [0.4, 0.5) is 5.69 Å². The SMILES string of the molecule is Cn1cc(C(=O)Nc2ccncc2)c2cc(Br)ccc21. The summed E-state index contributed by atoms with van der Waals surface area (Å²) >= 11 is 3.44. The minimum atomic E-state index is -0.125. The summed E-state index contributed by atoms with van der Waals surface area (Å²) in [5.41, 5.74) is 2.41. The first kappa shape index (κ1) is 12.9. The topological polar surface area (TPSA) is 46.9 Å². The van der Waals surface area contributed by atoms with Crippen molar-refractivity contribution in [3.63, 3.8) is 0 Å². The van der Waals surface area contributed by atoms with Gasteiger partial charge in [-0.2, -0.15) is 0 Å². The standard InChI is InChI=1S/C15H12BrN3O/c1-19-9-13(12-8-10(16)2-3-14(12)19)15(20)18-11-4-6-17-7-5-11/h2-9H,1H3,(H,17,18,20). The molecule has 0 aliphatic heterocycles. The molecule has 0 aliphatic carbocycles. The molecule has 100 valence electrons. The number of benzene rings is 1. The third-order valence-electron chi connectivity index (χ3n) is 3.13. The Labute approximate surface area is 124 Å². The van der Waals surface area contributed by atoms with Crippen molar-refractivity contribution in [1.29, 1.82) is 0 Å². The van der Waals surface area contributed by atoms with Gasteiger partial charge in [0.05, 0.1) is 5.56 Å². The predicted molar refractivity (Wildman–Crippen MR) is 82.8 cm³/mol. The van der Waals surface area contributed by atoms with Crippen LogP contribution in [0.1, 0.15) is 10.4 Å². The molecule has 4 nitrogen and oxygen atoms in total. The minimum absolute atomic E-state index is 0.125. The lowest BCUT2D eigenvalue weighted by Crippen LogP contribution is -2.11. The maximum absolute atomic E-state index is 12.4. The van der Waals surface area contributed by atoms with Gasteiger partial charge in [-0.3, -0.25) is 9.78 Å². The van der Waals surface area contributed by atoms with E-state index in [0.29, 0.717) is 5.56 Å². The molecule has 0 radical (unpaired) electrons. The highest BCUT2D eigenvalue weighted by atomic mass is 79.9. The van der Waals surface area contributed by atoms with Crippen LogP contribution in [0.5, 0.6) is 0 Å². The van der Waals surface area contributed by atoms with Crippen molar-refractivity contribution in [2.75, 3.05) is 5.32 Å². The summed E-state index contributed by atoms with van der Waals surface area (Å²) in [7, 11) is 1.93. The molecule has 2 heterocycles. The summed E-state index contributed by atoms with van der Waals surface area (Å²) in [6.45, 7) is 0. The molecule has 0 atom stereocenters. The van der Waals surface area contributed by atoms with Gasteiger partial charge in [0.1, 0.15) is 0 Å². The van der Waals surface area contributed by atoms with E-state index < -0.39 is 0 Å². The third-order valence-corrected chi connectivity index (χ3v) is 3.63. The van der Waals surface area contributed by atoms with E-state index in [-0.39, 0.29) is 5.91 Å². The Morgan fingerprint density at radius 2 is 2.00 bits per heavy atom. The summed E-state index contributed by atoms with van der Waals surface area (Å²) in [4.78, 5) is 16.3. The molecular formula is C15H12BrN3O. The molecule has 2 aromatic heterocycles. The van der Waals surface area contributed by atoms with Crippen LogP contribution in [0.25, 0.3) is 10.9 Å². The first-order chi connectivity index (χ1) is 9.65. The summed E-state index contributed by atoms with van der Waals surface area (Å²) in [6.07, 6.45) is 5.14. The first-order valence-corrected chi connectivity index (χ1v) is 6.90. The molecule has 5 heteroatoms. The van der Waals surface area contributed by atoms with Crippen LogP contribution < -0.4 is 5.32 Å². The number of hydrogen-bond donors (Lipinski definition) is 1. The Kier molecular flexibility index (Phi) is 3.28. The molecule has 0 aliphatic rings. The maximum Gasteiger partial charge on any atom is 0.257 e. The van der Waals surface area contributed by atoms with Crippen molar-refractivity contribution in [3.05, 3.63) is 59.0 Å². The Bertz CT molecular complexity index is 780. The van der Waals surface area contributed by atoms with Crippen molar-refractivity contribution < 1.29 is 4.79 Å². The van der Waals surface area contributed by atoms with Crippen LogP contribution in [0, 0.1) is 0 Å². The number of halogens is 1. The summed E-state index contributed by atoms with van der Waals surface area (Å²) in [5, 5.41) is 3.80. The fraction of sp³-hybridized carbons (Fsp3) is 0.0667. The fourth-order valence-corrected chi connectivity index (χ4v) is 2.54. The number of hydrogen-bond acceptors (Lipinski definition) is 2. The van der Waals surface area contributed by atoms with Crippen molar-refractivity contribution in [1.82, 2.24) is 9.55 Å². The molecule has 1 amide bonds. The molecule has 0 fully saturated rings. The van der Waals surface area contributed by atoms with E-state index in [1.54, 1.807) is 24.5 Å². The minimum Gasteiger partial charge on any atom is -0.350 e. The van der Waals surface area contributed by atoms with E-state index in [4.69, 9.17) is 0 Å². The second-order valence-electron chi connectivity index (χ2n) is 4.51. The van der Waals surface area contributed by atoms with Gasteiger partial charge in [0.25, 0.3) is 5.91 Å². The van der Waals surface area contributed by atoms with Crippen LogP contribution in [0.2, 0.25) is 0 Å². The lowest BCUT2D eigenvalue weighted by molar-refractivity contribution is 0.102. The highest BCUT2D eigenvalue weighted by Crippen LogP contribution is 2.25. The molecule has 20 heavy (non-hydrogen) atoms. The Morgan fingerprint density at radius 1 is 1.25 bits per heavy atom. The van der Waals surface area contributed by atoms with Gasteiger partial charge in [0.15, 0.2) is 0 Å². The van der Waals surface area contributed by atoms with E-state index >= 15 is 0 Å². The van der Waals surface area contributed by atoms with Gasteiger partial charge in [0.2, 0.25) is 0 Å². The van der Waals surface area contributed by atoms with Crippen LogP contribution in [-0.4, -0.2) is 15.5 Å².